The summed E-state index contributed by atoms with van der Waals surface area (Å²) in [5.41, 5.74) is -2.76. The second-order valence-corrected chi connectivity index (χ2v) is 16.4. The molecule has 1 unspecified atom stereocenters. The molecule has 41 heavy (non-hydrogen) atoms. The van der Waals surface area contributed by atoms with Gasteiger partial charge in [-0.25, -0.2) is 13.2 Å². The highest BCUT2D eigenvalue weighted by Gasteiger charge is 2.63. The number of likely N-dealkylation sites (tertiary alicyclic amines) is 1. The van der Waals surface area contributed by atoms with Crippen LogP contribution < -0.4 is 10.0 Å². The Balaban J connectivity index is 1.87. The molecule has 1 aliphatic heterocycles. The summed E-state index contributed by atoms with van der Waals surface area (Å²) in [5.74, 6) is -2.33. The predicted molar refractivity (Wildman–Crippen MR) is 153 cm³/mol. The average molecular weight is 598 g/mol. The number of amides is 3. The number of hydrogen-bond donors (Lipinski definition) is 2. The van der Waals surface area contributed by atoms with Crippen molar-refractivity contribution in [1.82, 2.24) is 14.9 Å². The number of ketones is 1. The highest BCUT2D eigenvalue weighted by molar-refractivity contribution is 7.91. The summed E-state index contributed by atoms with van der Waals surface area (Å²) in [5, 5.41) is 2.69. The van der Waals surface area contributed by atoms with Crippen LogP contribution in [0.1, 0.15) is 81.1 Å². The highest BCUT2D eigenvalue weighted by Crippen LogP contribution is 2.57. The van der Waals surface area contributed by atoms with Crippen LogP contribution in [0.2, 0.25) is 0 Å². The Hall–Kier alpha value is -2.47. The van der Waals surface area contributed by atoms with Crippen molar-refractivity contribution >= 4 is 33.7 Å². The largest absolute Gasteiger partial charge is 0.444 e. The van der Waals surface area contributed by atoms with E-state index in [1.54, 1.807) is 61.5 Å². The predicted octanol–water partition coefficient (Wildman–Crippen LogP) is 2.94. The highest BCUT2D eigenvalue weighted by atomic mass is 32.2. The van der Waals surface area contributed by atoms with Crippen LogP contribution in [0.5, 0.6) is 0 Å². The molecular weight excluding hydrogens is 550 g/mol. The molecule has 2 N–H and O–H groups in total. The van der Waals surface area contributed by atoms with E-state index in [1.165, 1.54) is 12.0 Å². The van der Waals surface area contributed by atoms with E-state index in [0.29, 0.717) is 12.8 Å². The Morgan fingerprint density at radius 3 is 2.15 bits per heavy atom. The number of allylic oxidation sites excluding steroid dienone is 1. The topological polar surface area (TPSA) is 148 Å². The fourth-order valence-corrected chi connectivity index (χ4v) is 6.91. The van der Waals surface area contributed by atoms with E-state index in [0.717, 1.165) is 0 Å². The molecule has 6 atom stereocenters. The molecule has 3 rings (SSSR count). The molecule has 3 amide bonds. The Kier molecular flexibility index (Phi) is 8.85. The summed E-state index contributed by atoms with van der Waals surface area (Å²) >= 11 is 0. The van der Waals surface area contributed by atoms with E-state index >= 15 is 0 Å². The van der Waals surface area contributed by atoms with E-state index in [2.05, 4.69) is 16.6 Å². The Morgan fingerprint density at radius 2 is 1.71 bits per heavy atom. The number of methoxy groups -OCH3 is 1. The normalized spacial score (nSPS) is 29.7. The van der Waals surface area contributed by atoms with Crippen molar-refractivity contribution in [2.45, 2.75) is 110 Å². The first-order valence-corrected chi connectivity index (χ1v) is 15.7. The first-order valence-electron chi connectivity index (χ1n) is 14.2. The number of sulfonamides is 1. The van der Waals surface area contributed by atoms with Crippen LogP contribution in [0.4, 0.5) is 4.79 Å². The van der Waals surface area contributed by atoms with Gasteiger partial charge in [-0.1, -0.05) is 33.8 Å². The minimum absolute atomic E-state index is 0.117. The first-order chi connectivity index (χ1) is 18.6. The van der Waals surface area contributed by atoms with Gasteiger partial charge in [0, 0.05) is 26.0 Å². The van der Waals surface area contributed by atoms with Crippen LogP contribution >= 0.6 is 0 Å². The SMILES string of the molecule is C=C[C@@H]1C[C@]1(CC(=O)[C@@H]1C(C)[C@@H](OC)CN1C(=O)[C@@H](NC(=O)OC(C)(C)C)C(C)(C)C)C(=O)NS(=O)(=O)C1(C)CC1. The molecule has 0 aromatic heterocycles. The molecule has 0 bridgehead atoms. The molecule has 0 aromatic rings. The van der Waals surface area contributed by atoms with Crippen LogP contribution in [-0.2, 0) is 33.9 Å². The minimum Gasteiger partial charge on any atom is -0.444 e. The molecule has 1 saturated heterocycles. The van der Waals surface area contributed by atoms with Crippen LogP contribution in [-0.4, -0.2) is 79.2 Å². The third kappa shape index (κ3) is 6.79. The van der Waals surface area contributed by atoms with Crippen LogP contribution in [0.3, 0.4) is 0 Å². The molecule has 11 nitrogen and oxygen atoms in total. The number of hydrogen-bond acceptors (Lipinski definition) is 8. The zero-order chi connectivity index (χ0) is 31.3. The maximum atomic E-state index is 14.0. The van der Waals surface area contributed by atoms with Gasteiger partial charge in [-0.2, -0.15) is 0 Å². The molecule has 2 saturated carbocycles. The zero-order valence-corrected chi connectivity index (χ0v) is 26.6. The van der Waals surface area contributed by atoms with E-state index in [9.17, 15) is 27.6 Å². The molecule has 2 aliphatic carbocycles. The van der Waals surface area contributed by atoms with E-state index in [4.69, 9.17) is 9.47 Å². The van der Waals surface area contributed by atoms with Gasteiger partial charge in [0.15, 0.2) is 5.78 Å². The third-order valence-electron chi connectivity index (χ3n) is 8.68. The molecule has 0 radical (unpaired) electrons. The Morgan fingerprint density at radius 1 is 1.12 bits per heavy atom. The quantitative estimate of drug-likeness (QED) is 0.365. The van der Waals surface area contributed by atoms with Crippen LogP contribution in [0.25, 0.3) is 0 Å². The lowest BCUT2D eigenvalue weighted by atomic mass is 9.84. The number of carbonyl (C=O) groups is 4. The number of carbonyl (C=O) groups excluding carboxylic acids is 4. The number of rotatable bonds is 10. The van der Waals surface area contributed by atoms with Crippen molar-refractivity contribution in [1.29, 1.82) is 0 Å². The summed E-state index contributed by atoms with van der Waals surface area (Å²) in [6, 6.07) is -1.95. The van der Waals surface area contributed by atoms with E-state index in [-0.39, 0.29) is 31.1 Å². The van der Waals surface area contributed by atoms with Crippen molar-refractivity contribution in [3.8, 4) is 0 Å². The monoisotopic (exact) mass is 597 g/mol. The number of alkyl carbamates (subject to hydrolysis) is 1. The lowest BCUT2D eigenvalue weighted by Gasteiger charge is -2.36. The first kappa shape index (κ1) is 33.0. The van der Waals surface area contributed by atoms with Crippen molar-refractivity contribution in [3.63, 3.8) is 0 Å². The maximum Gasteiger partial charge on any atom is 0.408 e. The average Bonchev–Trinajstić information content (AvgIpc) is 3.71. The molecule has 3 aliphatic rings. The van der Waals surface area contributed by atoms with Gasteiger partial charge in [-0.05, 0) is 58.3 Å². The molecule has 0 spiro atoms. The second kappa shape index (κ2) is 11.0. The van der Waals surface area contributed by atoms with Crippen molar-refractivity contribution in [2.24, 2.45) is 22.7 Å². The lowest BCUT2D eigenvalue weighted by molar-refractivity contribution is -0.143. The second-order valence-electron chi connectivity index (χ2n) is 14.2. The molecule has 12 heteroatoms. The Bertz CT molecular complexity index is 1200. The number of ether oxygens (including phenoxy) is 2. The maximum absolute atomic E-state index is 14.0. The van der Waals surface area contributed by atoms with Crippen molar-refractivity contribution < 1.29 is 37.1 Å². The lowest BCUT2D eigenvalue weighted by Crippen LogP contribution is -2.58. The molecule has 1 heterocycles. The van der Waals surface area contributed by atoms with E-state index < -0.39 is 73.2 Å². The third-order valence-corrected chi connectivity index (χ3v) is 10.8. The van der Waals surface area contributed by atoms with Gasteiger partial charge in [0.1, 0.15) is 11.6 Å². The minimum atomic E-state index is -3.90. The number of nitrogens with one attached hydrogen (secondary N) is 2. The summed E-state index contributed by atoms with van der Waals surface area (Å²) in [6.45, 7) is 17.8. The van der Waals surface area contributed by atoms with Crippen molar-refractivity contribution in [2.75, 3.05) is 13.7 Å². The van der Waals surface area contributed by atoms with Gasteiger partial charge in [0.05, 0.1) is 22.3 Å². The Labute approximate surface area is 244 Å². The molecule has 0 aromatic carbocycles. The van der Waals surface area contributed by atoms with Gasteiger partial charge in [-0.15, -0.1) is 6.58 Å². The fraction of sp³-hybridized carbons (Fsp3) is 0.793. The summed E-state index contributed by atoms with van der Waals surface area (Å²) in [4.78, 5) is 55.5. The molecular formula is C29H47N3O8S. The smallest absolute Gasteiger partial charge is 0.408 e. The van der Waals surface area contributed by atoms with Gasteiger partial charge < -0.3 is 19.7 Å². The number of Topliss-reactive ketones (excluding diaryl/α,β-unsaturated/α-hetero) is 1. The van der Waals surface area contributed by atoms with Crippen LogP contribution in [0, 0.1) is 22.7 Å². The van der Waals surface area contributed by atoms with Crippen molar-refractivity contribution in [3.05, 3.63) is 12.7 Å². The van der Waals surface area contributed by atoms with Gasteiger partial charge >= 0.3 is 6.09 Å². The molecule has 3 fully saturated rings. The zero-order valence-electron chi connectivity index (χ0n) is 25.8. The van der Waals surface area contributed by atoms with Gasteiger partial charge in [0.2, 0.25) is 21.8 Å². The van der Waals surface area contributed by atoms with E-state index in [1.807, 2.05) is 0 Å². The fourth-order valence-electron chi connectivity index (χ4n) is 5.58. The summed E-state index contributed by atoms with van der Waals surface area (Å²) in [7, 11) is -2.39. The van der Waals surface area contributed by atoms with Gasteiger partial charge in [0.25, 0.3) is 0 Å². The van der Waals surface area contributed by atoms with Gasteiger partial charge in [-0.3, -0.25) is 19.1 Å². The summed E-state index contributed by atoms with van der Waals surface area (Å²) < 4.78 is 37.8. The summed E-state index contributed by atoms with van der Waals surface area (Å²) in [6.07, 6.45) is 1.32. The van der Waals surface area contributed by atoms with Crippen LogP contribution in [0.15, 0.2) is 12.7 Å². The molecule has 232 valence electrons. The standard InChI is InChI=1S/C29H47N3O8S/c1-11-18-14-29(18,24(35)31-41(37,38)28(9)12-13-28)15-19(33)21-17(2)20(39-10)16-32(21)23(34)22(26(3,4)5)30-25(36)40-27(6,7)8/h11,17-18,20-22H,1,12-16H2,2-10H3,(H,30,36)(H,31,35)/t17?,18-,20+,21+,22-,29-/m1/s1. The number of nitrogens with zero attached hydrogens (tertiary/aromatic N) is 1.